The van der Waals surface area contributed by atoms with Crippen molar-refractivity contribution in [1.82, 2.24) is 5.32 Å². The van der Waals surface area contributed by atoms with Crippen LogP contribution in [0.15, 0.2) is 54.6 Å². The van der Waals surface area contributed by atoms with Crippen molar-refractivity contribution >= 4 is 0 Å². The molecule has 0 saturated carbocycles. The number of hydrogen-bond acceptors (Lipinski definition) is 2. The topological polar surface area (TPSA) is 21.3 Å². The molecule has 1 unspecified atom stereocenters. The Balaban J connectivity index is 1.43. The Bertz CT molecular complexity index is 544. The van der Waals surface area contributed by atoms with Crippen LogP contribution in [0.2, 0.25) is 0 Å². The first-order chi connectivity index (χ1) is 10.9. The molecule has 1 fully saturated rings. The molecule has 1 N–H and O–H groups in total. The average molecular weight is 295 g/mol. The number of ether oxygens (including phenoxy) is 1. The summed E-state index contributed by atoms with van der Waals surface area (Å²) in [6.07, 6.45) is 4.71. The molecular weight excluding hydrogens is 270 g/mol. The van der Waals surface area contributed by atoms with E-state index in [4.69, 9.17) is 4.74 Å². The van der Waals surface area contributed by atoms with E-state index in [1.54, 1.807) is 0 Å². The quantitative estimate of drug-likeness (QED) is 0.808. The van der Waals surface area contributed by atoms with Gasteiger partial charge in [0.1, 0.15) is 5.75 Å². The lowest BCUT2D eigenvalue weighted by Crippen LogP contribution is -2.28. The summed E-state index contributed by atoms with van der Waals surface area (Å²) < 4.78 is 5.85. The van der Waals surface area contributed by atoms with Crippen LogP contribution in [0.1, 0.15) is 36.3 Å². The van der Waals surface area contributed by atoms with Gasteiger partial charge in [0.25, 0.3) is 0 Å². The van der Waals surface area contributed by atoms with Crippen LogP contribution in [0.25, 0.3) is 0 Å². The summed E-state index contributed by atoms with van der Waals surface area (Å²) in [7, 11) is 0. The van der Waals surface area contributed by atoms with Gasteiger partial charge in [-0.2, -0.15) is 0 Å². The zero-order valence-corrected chi connectivity index (χ0v) is 13.1. The van der Waals surface area contributed by atoms with Crippen LogP contribution in [-0.4, -0.2) is 19.7 Å². The smallest absolute Gasteiger partial charge is 0.119 e. The standard InChI is InChI=1S/C20H25NO/c1-2-6-17(7-3-1)8-5-15-22-20-12-10-18(11-13-20)19-9-4-14-21-16-19/h1-3,6-7,10-13,19,21H,4-5,8-9,14-16H2. The number of hydrogen-bond donors (Lipinski definition) is 1. The summed E-state index contributed by atoms with van der Waals surface area (Å²) in [6.45, 7) is 3.05. The normalized spacial score (nSPS) is 18.1. The number of benzene rings is 2. The van der Waals surface area contributed by atoms with Gasteiger partial charge in [0, 0.05) is 6.54 Å². The largest absolute Gasteiger partial charge is 0.494 e. The molecule has 22 heavy (non-hydrogen) atoms. The van der Waals surface area contributed by atoms with Crippen molar-refractivity contribution in [2.24, 2.45) is 0 Å². The molecule has 3 rings (SSSR count). The van der Waals surface area contributed by atoms with Gasteiger partial charge in [-0.3, -0.25) is 0 Å². The molecule has 2 nitrogen and oxygen atoms in total. The minimum Gasteiger partial charge on any atom is -0.494 e. The Morgan fingerprint density at radius 1 is 1.00 bits per heavy atom. The molecule has 1 saturated heterocycles. The summed E-state index contributed by atoms with van der Waals surface area (Å²) in [5.41, 5.74) is 2.81. The summed E-state index contributed by atoms with van der Waals surface area (Å²) in [4.78, 5) is 0. The molecule has 0 spiro atoms. The highest BCUT2D eigenvalue weighted by Crippen LogP contribution is 2.25. The fraction of sp³-hybridized carbons (Fsp3) is 0.400. The lowest BCUT2D eigenvalue weighted by molar-refractivity contribution is 0.311. The van der Waals surface area contributed by atoms with Crippen molar-refractivity contribution in [3.05, 3.63) is 65.7 Å². The van der Waals surface area contributed by atoms with Gasteiger partial charge >= 0.3 is 0 Å². The van der Waals surface area contributed by atoms with E-state index in [1.165, 1.54) is 30.5 Å². The van der Waals surface area contributed by atoms with Crippen molar-refractivity contribution in [1.29, 1.82) is 0 Å². The van der Waals surface area contributed by atoms with Gasteiger partial charge in [0.05, 0.1) is 6.61 Å². The average Bonchev–Trinajstić information content (AvgIpc) is 2.61. The zero-order chi connectivity index (χ0) is 15.0. The molecule has 0 amide bonds. The Kier molecular flexibility index (Phi) is 5.49. The highest BCUT2D eigenvalue weighted by molar-refractivity contribution is 5.30. The van der Waals surface area contributed by atoms with Gasteiger partial charge < -0.3 is 10.1 Å². The van der Waals surface area contributed by atoms with E-state index < -0.39 is 0 Å². The van der Waals surface area contributed by atoms with E-state index in [-0.39, 0.29) is 0 Å². The number of nitrogens with one attached hydrogen (secondary N) is 1. The van der Waals surface area contributed by atoms with Gasteiger partial charge in [0.15, 0.2) is 0 Å². The number of piperidine rings is 1. The Morgan fingerprint density at radius 2 is 1.82 bits per heavy atom. The predicted octanol–water partition coefficient (Wildman–Crippen LogP) is 4.17. The lowest BCUT2D eigenvalue weighted by Gasteiger charge is -2.23. The summed E-state index contributed by atoms with van der Waals surface area (Å²) in [5.74, 6) is 1.65. The molecular formula is C20H25NO. The molecule has 1 atom stereocenters. The minimum absolute atomic E-state index is 0.667. The molecule has 116 valence electrons. The van der Waals surface area contributed by atoms with Crippen LogP contribution in [0.3, 0.4) is 0 Å². The summed E-state index contributed by atoms with van der Waals surface area (Å²) in [5, 5.41) is 3.47. The fourth-order valence-corrected chi connectivity index (χ4v) is 3.08. The van der Waals surface area contributed by atoms with Gasteiger partial charge in [-0.05, 0) is 61.4 Å². The van der Waals surface area contributed by atoms with E-state index in [9.17, 15) is 0 Å². The SMILES string of the molecule is c1ccc(CCCOc2ccc(C3CCCNC3)cc2)cc1. The highest BCUT2D eigenvalue weighted by Gasteiger charge is 2.14. The van der Waals surface area contributed by atoms with Crippen molar-refractivity contribution in [3.8, 4) is 5.75 Å². The number of aryl methyl sites for hydroxylation is 1. The maximum absolute atomic E-state index is 5.85. The van der Waals surface area contributed by atoms with Crippen molar-refractivity contribution < 1.29 is 4.74 Å². The second-order valence-corrected chi connectivity index (χ2v) is 6.05. The molecule has 0 aromatic heterocycles. The van der Waals surface area contributed by atoms with Gasteiger partial charge in [-0.1, -0.05) is 42.5 Å². The van der Waals surface area contributed by atoms with Crippen LogP contribution in [0.4, 0.5) is 0 Å². The van der Waals surface area contributed by atoms with Crippen LogP contribution < -0.4 is 10.1 Å². The molecule has 2 heteroatoms. The second kappa shape index (κ2) is 8.00. The summed E-state index contributed by atoms with van der Waals surface area (Å²) in [6, 6.07) is 19.3. The molecule has 0 radical (unpaired) electrons. The van der Waals surface area contributed by atoms with Crippen LogP contribution in [0, 0.1) is 0 Å². The van der Waals surface area contributed by atoms with Crippen molar-refractivity contribution in [2.45, 2.75) is 31.6 Å². The Hall–Kier alpha value is -1.80. The summed E-state index contributed by atoms with van der Waals surface area (Å²) >= 11 is 0. The third-order valence-electron chi connectivity index (χ3n) is 4.37. The first-order valence-corrected chi connectivity index (χ1v) is 8.39. The molecule has 2 aromatic carbocycles. The van der Waals surface area contributed by atoms with E-state index in [0.717, 1.165) is 31.7 Å². The fourth-order valence-electron chi connectivity index (χ4n) is 3.08. The second-order valence-electron chi connectivity index (χ2n) is 6.05. The maximum Gasteiger partial charge on any atom is 0.119 e. The predicted molar refractivity (Wildman–Crippen MR) is 91.5 cm³/mol. The minimum atomic E-state index is 0.667. The molecule has 2 aromatic rings. The molecule has 0 aliphatic carbocycles. The first kappa shape index (κ1) is 15.1. The van der Waals surface area contributed by atoms with Gasteiger partial charge in [0.2, 0.25) is 0 Å². The molecule has 1 aliphatic heterocycles. The zero-order valence-electron chi connectivity index (χ0n) is 13.1. The van der Waals surface area contributed by atoms with Crippen molar-refractivity contribution in [2.75, 3.05) is 19.7 Å². The molecule has 1 heterocycles. The van der Waals surface area contributed by atoms with Crippen molar-refractivity contribution in [3.63, 3.8) is 0 Å². The van der Waals surface area contributed by atoms with E-state index in [0.29, 0.717) is 5.92 Å². The molecule has 0 bridgehead atoms. The van der Waals surface area contributed by atoms with Crippen LogP contribution >= 0.6 is 0 Å². The number of rotatable bonds is 6. The third-order valence-corrected chi connectivity index (χ3v) is 4.37. The maximum atomic E-state index is 5.85. The lowest BCUT2D eigenvalue weighted by atomic mass is 9.92. The first-order valence-electron chi connectivity index (χ1n) is 8.39. The highest BCUT2D eigenvalue weighted by atomic mass is 16.5. The monoisotopic (exact) mass is 295 g/mol. The Morgan fingerprint density at radius 3 is 2.55 bits per heavy atom. The van der Waals surface area contributed by atoms with E-state index in [2.05, 4.69) is 59.9 Å². The van der Waals surface area contributed by atoms with Gasteiger partial charge in [-0.25, -0.2) is 0 Å². The van der Waals surface area contributed by atoms with Gasteiger partial charge in [-0.15, -0.1) is 0 Å². The Labute approximate surface area is 133 Å². The van der Waals surface area contributed by atoms with E-state index >= 15 is 0 Å². The molecule has 1 aliphatic rings. The van der Waals surface area contributed by atoms with E-state index in [1.807, 2.05) is 0 Å². The third kappa shape index (κ3) is 4.35. The van der Waals surface area contributed by atoms with Crippen LogP contribution in [-0.2, 0) is 6.42 Å². The van der Waals surface area contributed by atoms with Crippen LogP contribution in [0.5, 0.6) is 5.75 Å².